The van der Waals surface area contributed by atoms with E-state index in [0.717, 1.165) is 12.1 Å². The van der Waals surface area contributed by atoms with Gasteiger partial charge in [-0.1, -0.05) is 51.4 Å². The quantitative estimate of drug-likeness (QED) is 0.545. The van der Waals surface area contributed by atoms with Crippen LogP contribution < -0.4 is 5.32 Å². The van der Waals surface area contributed by atoms with Crippen molar-refractivity contribution in [3.05, 3.63) is 41.0 Å². The Morgan fingerprint density at radius 3 is 2.58 bits per heavy atom. The molecule has 8 heteroatoms. The Morgan fingerprint density at radius 1 is 1.26 bits per heavy atom. The zero-order chi connectivity index (χ0) is 23.0. The summed E-state index contributed by atoms with van der Waals surface area (Å²) in [4.78, 5) is 26.9. The number of anilines is 1. The third kappa shape index (κ3) is 7.08. The predicted molar refractivity (Wildman–Crippen MR) is 124 cm³/mol. The Hall–Kier alpha value is -2.38. The number of hydrogen-bond donors (Lipinski definition) is 1. The van der Waals surface area contributed by atoms with Gasteiger partial charge in [-0.05, 0) is 25.0 Å². The average molecular weight is 449 g/mol. The molecule has 0 aliphatic heterocycles. The molecular weight excluding hydrogens is 416 g/mol. The molecule has 1 aromatic heterocycles. The van der Waals surface area contributed by atoms with E-state index in [1.54, 1.807) is 22.8 Å². The Labute approximate surface area is 189 Å². The minimum Gasteiger partial charge on any atom is -0.385 e. The fourth-order valence-corrected chi connectivity index (χ4v) is 3.28. The molecule has 0 radical (unpaired) electrons. The fraction of sp³-hybridized carbons (Fsp3) is 0.522. The standard InChI is InChI=1S/C23H33ClN4O3/c1-6-10-22(30)27(13-9-14-31-5)16-21(29)25-20-15-19(23(2,3)4)26-28(20)18-12-8-7-11-17(18)24/h7-8,11-12,15H,6,9-10,13-14,16H2,1-5H3,(H,25,29). The minimum absolute atomic E-state index is 0.0267. The molecule has 1 aromatic carbocycles. The molecule has 31 heavy (non-hydrogen) atoms. The van der Waals surface area contributed by atoms with Crippen molar-refractivity contribution >= 4 is 29.2 Å². The van der Waals surface area contributed by atoms with E-state index < -0.39 is 0 Å². The normalized spacial score (nSPS) is 11.4. The van der Waals surface area contributed by atoms with Crippen LogP contribution in [0.1, 0.15) is 52.7 Å². The Bertz CT molecular complexity index is 889. The number of carbonyl (C=O) groups is 2. The Balaban J connectivity index is 2.26. The average Bonchev–Trinajstić information content (AvgIpc) is 3.11. The lowest BCUT2D eigenvalue weighted by Gasteiger charge is -2.22. The monoisotopic (exact) mass is 448 g/mol. The molecule has 1 heterocycles. The van der Waals surface area contributed by atoms with Gasteiger partial charge >= 0.3 is 0 Å². The number of halogens is 1. The predicted octanol–water partition coefficient (Wildman–Crippen LogP) is 4.43. The van der Waals surface area contributed by atoms with Gasteiger partial charge in [-0.25, -0.2) is 4.68 Å². The van der Waals surface area contributed by atoms with Crippen LogP contribution >= 0.6 is 11.6 Å². The summed E-state index contributed by atoms with van der Waals surface area (Å²) in [7, 11) is 1.62. The lowest BCUT2D eigenvalue weighted by Crippen LogP contribution is -2.39. The van der Waals surface area contributed by atoms with Gasteiger partial charge in [0.2, 0.25) is 11.8 Å². The summed E-state index contributed by atoms with van der Waals surface area (Å²) >= 11 is 6.38. The van der Waals surface area contributed by atoms with Crippen LogP contribution in [-0.2, 0) is 19.7 Å². The van der Waals surface area contributed by atoms with Crippen molar-refractivity contribution in [3.63, 3.8) is 0 Å². The molecule has 0 saturated heterocycles. The molecule has 7 nitrogen and oxygen atoms in total. The van der Waals surface area contributed by atoms with Crippen molar-refractivity contribution in [1.29, 1.82) is 0 Å². The molecule has 2 amide bonds. The number of carbonyl (C=O) groups excluding carboxylic acids is 2. The molecule has 0 fully saturated rings. The highest BCUT2D eigenvalue weighted by atomic mass is 35.5. The number of nitrogens with zero attached hydrogens (tertiary/aromatic N) is 3. The van der Waals surface area contributed by atoms with Crippen LogP contribution in [0.25, 0.3) is 5.69 Å². The van der Waals surface area contributed by atoms with Gasteiger partial charge in [-0.15, -0.1) is 0 Å². The maximum atomic E-state index is 12.9. The van der Waals surface area contributed by atoms with E-state index in [0.29, 0.717) is 42.5 Å². The molecule has 0 bridgehead atoms. The summed E-state index contributed by atoms with van der Waals surface area (Å²) < 4.78 is 6.72. The van der Waals surface area contributed by atoms with E-state index in [1.165, 1.54) is 0 Å². The van der Waals surface area contributed by atoms with Gasteiger partial charge in [-0.3, -0.25) is 9.59 Å². The van der Waals surface area contributed by atoms with E-state index in [4.69, 9.17) is 21.4 Å². The lowest BCUT2D eigenvalue weighted by molar-refractivity contribution is -0.134. The molecule has 2 aromatic rings. The van der Waals surface area contributed by atoms with Crippen molar-refractivity contribution in [2.24, 2.45) is 0 Å². The molecular formula is C23H33ClN4O3. The molecule has 0 atom stereocenters. The van der Waals surface area contributed by atoms with Crippen molar-refractivity contribution in [2.75, 3.05) is 32.1 Å². The summed E-state index contributed by atoms with van der Waals surface area (Å²) in [6, 6.07) is 9.19. The second-order valence-electron chi connectivity index (χ2n) is 8.49. The molecule has 0 spiro atoms. The summed E-state index contributed by atoms with van der Waals surface area (Å²) in [6.45, 7) is 9.09. The molecule has 170 valence electrons. The van der Waals surface area contributed by atoms with E-state index in [-0.39, 0.29) is 23.8 Å². The first-order chi connectivity index (χ1) is 14.7. The number of aromatic nitrogens is 2. The lowest BCUT2D eigenvalue weighted by atomic mass is 9.92. The summed E-state index contributed by atoms with van der Waals surface area (Å²) in [6.07, 6.45) is 1.81. The van der Waals surface area contributed by atoms with Crippen LogP contribution in [-0.4, -0.2) is 53.3 Å². The second kappa shape index (κ2) is 11.3. The highest BCUT2D eigenvalue weighted by Crippen LogP contribution is 2.29. The van der Waals surface area contributed by atoms with Gasteiger partial charge in [-0.2, -0.15) is 5.10 Å². The maximum absolute atomic E-state index is 12.9. The number of rotatable bonds is 10. The van der Waals surface area contributed by atoms with Crippen LogP contribution in [0.2, 0.25) is 5.02 Å². The highest BCUT2D eigenvalue weighted by molar-refractivity contribution is 6.32. The van der Waals surface area contributed by atoms with Crippen LogP contribution in [0.5, 0.6) is 0 Å². The number of amides is 2. The van der Waals surface area contributed by atoms with Gasteiger partial charge in [0.25, 0.3) is 0 Å². The van der Waals surface area contributed by atoms with E-state index in [2.05, 4.69) is 26.1 Å². The molecule has 0 unspecified atom stereocenters. The largest absolute Gasteiger partial charge is 0.385 e. The van der Waals surface area contributed by atoms with Crippen molar-refractivity contribution in [3.8, 4) is 5.69 Å². The van der Waals surface area contributed by atoms with Gasteiger partial charge in [0.15, 0.2) is 0 Å². The molecule has 0 aliphatic rings. The second-order valence-corrected chi connectivity index (χ2v) is 8.90. The minimum atomic E-state index is -0.282. The van der Waals surface area contributed by atoms with Crippen LogP contribution in [0.4, 0.5) is 5.82 Å². The SMILES string of the molecule is CCCC(=O)N(CCCOC)CC(=O)Nc1cc(C(C)(C)C)nn1-c1ccccc1Cl. The van der Waals surface area contributed by atoms with E-state index in [9.17, 15) is 9.59 Å². The number of nitrogens with one attached hydrogen (secondary N) is 1. The van der Waals surface area contributed by atoms with Crippen molar-refractivity contribution in [1.82, 2.24) is 14.7 Å². The summed E-state index contributed by atoms with van der Waals surface area (Å²) in [5, 5.41) is 8.14. The van der Waals surface area contributed by atoms with Gasteiger partial charge in [0.1, 0.15) is 5.82 Å². The molecule has 2 rings (SSSR count). The van der Waals surface area contributed by atoms with Gasteiger partial charge in [0.05, 0.1) is 22.9 Å². The number of benzene rings is 1. The zero-order valence-corrected chi connectivity index (χ0v) is 19.8. The van der Waals surface area contributed by atoms with E-state index in [1.807, 2.05) is 31.2 Å². The smallest absolute Gasteiger partial charge is 0.245 e. The Kier molecular flexibility index (Phi) is 9.07. The zero-order valence-electron chi connectivity index (χ0n) is 19.1. The van der Waals surface area contributed by atoms with Gasteiger partial charge in [0, 0.05) is 38.2 Å². The number of ether oxygens (including phenoxy) is 1. The van der Waals surface area contributed by atoms with Crippen LogP contribution in [0.15, 0.2) is 30.3 Å². The van der Waals surface area contributed by atoms with Crippen LogP contribution in [0, 0.1) is 0 Å². The Morgan fingerprint density at radius 2 is 1.97 bits per heavy atom. The first-order valence-corrected chi connectivity index (χ1v) is 11.0. The topological polar surface area (TPSA) is 76.5 Å². The number of hydrogen-bond acceptors (Lipinski definition) is 4. The number of para-hydroxylation sites is 1. The van der Waals surface area contributed by atoms with Crippen molar-refractivity contribution < 1.29 is 14.3 Å². The van der Waals surface area contributed by atoms with Crippen molar-refractivity contribution in [2.45, 2.75) is 52.4 Å². The van der Waals surface area contributed by atoms with Crippen LogP contribution in [0.3, 0.4) is 0 Å². The molecule has 0 aliphatic carbocycles. The maximum Gasteiger partial charge on any atom is 0.245 e. The summed E-state index contributed by atoms with van der Waals surface area (Å²) in [5.41, 5.74) is 1.28. The molecule has 1 N–H and O–H groups in total. The molecule has 0 saturated carbocycles. The number of methoxy groups -OCH3 is 1. The van der Waals surface area contributed by atoms with E-state index >= 15 is 0 Å². The van der Waals surface area contributed by atoms with Gasteiger partial charge < -0.3 is 15.0 Å². The first kappa shape index (κ1) is 24.9. The fourth-order valence-electron chi connectivity index (χ4n) is 3.06. The first-order valence-electron chi connectivity index (χ1n) is 10.6. The summed E-state index contributed by atoms with van der Waals surface area (Å²) in [5.74, 6) is 0.196. The third-order valence-electron chi connectivity index (χ3n) is 4.75. The highest BCUT2D eigenvalue weighted by Gasteiger charge is 2.23. The third-order valence-corrected chi connectivity index (χ3v) is 5.07.